The Kier molecular flexibility index (Phi) is 4.99. The zero-order valence-electron chi connectivity index (χ0n) is 14.4. The second-order valence-electron chi connectivity index (χ2n) is 5.34. The van der Waals surface area contributed by atoms with Crippen LogP contribution in [0.15, 0.2) is 41.9 Å². The molecule has 2 aromatic rings. The maximum atomic E-state index is 12.7. The standard InChI is InChI=1S/C17H20N4O4/c1-4-25-16(22)14-12(9-23-2)20-17-18-10-19-21(17)15(14)11-7-5-6-8-13(11)24-3/h5-8,10,15H,4,9H2,1-3H3,(H,18,19,20). The first-order valence-corrected chi connectivity index (χ1v) is 7.89. The first-order chi connectivity index (χ1) is 12.2. The third-order valence-corrected chi connectivity index (χ3v) is 3.90. The van der Waals surface area contributed by atoms with Crippen LogP contribution in [0.5, 0.6) is 5.75 Å². The van der Waals surface area contributed by atoms with E-state index in [1.807, 2.05) is 24.3 Å². The van der Waals surface area contributed by atoms with Gasteiger partial charge in [-0.1, -0.05) is 18.2 Å². The van der Waals surface area contributed by atoms with Crippen LogP contribution < -0.4 is 10.1 Å². The Hall–Kier alpha value is -2.87. The molecule has 0 radical (unpaired) electrons. The zero-order chi connectivity index (χ0) is 17.8. The van der Waals surface area contributed by atoms with Crippen LogP contribution in [0.4, 0.5) is 5.95 Å². The highest BCUT2D eigenvalue weighted by atomic mass is 16.5. The number of ether oxygens (including phenoxy) is 3. The number of anilines is 1. The molecule has 1 aromatic heterocycles. The number of benzene rings is 1. The summed E-state index contributed by atoms with van der Waals surface area (Å²) in [6.07, 6.45) is 1.43. The number of carbonyl (C=O) groups is 1. The van der Waals surface area contributed by atoms with Gasteiger partial charge in [0.15, 0.2) is 0 Å². The lowest BCUT2D eigenvalue weighted by Gasteiger charge is -2.29. The molecule has 1 N–H and O–H groups in total. The monoisotopic (exact) mass is 344 g/mol. The molecule has 132 valence electrons. The molecular formula is C17H20N4O4. The molecule has 0 bridgehead atoms. The van der Waals surface area contributed by atoms with Crippen molar-refractivity contribution in [2.75, 3.05) is 32.8 Å². The summed E-state index contributed by atoms with van der Waals surface area (Å²) in [7, 11) is 3.15. The van der Waals surface area contributed by atoms with Gasteiger partial charge in [0.2, 0.25) is 5.95 Å². The SMILES string of the molecule is CCOC(=O)C1=C(COC)Nc2ncnn2C1c1ccccc1OC. The molecular weight excluding hydrogens is 324 g/mol. The minimum Gasteiger partial charge on any atom is -0.496 e. The van der Waals surface area contributed by atoms with Gasteiger partial charge in [0.1, 0.15) is 18.1 Å². The van der Waals surface area contributed by atoms with Gasteiger partial charge in [-0.25, -0.2) is 9.48 Å². The molecule has 1 atom stereocenters. The van der Waals surface area contributed by atoms with Crippen LogP contribution in [-0.2, 0) is 14.3 Å². The van der Waals surface area contributed by atoms with Crippen LogP contribution in [0.25, 0.3) is 0 Å². The van der Waals surface area contributed by atoms with Crippen molar-refractivity contribution in [2.24, 2.45) is 0 Å². The van der Waals surface area contributed by atoms with E-state index in [9.17, 15) is 4.79 Å². The van der Waals surface area contributed by atoms with Crippen LogP contribution >= 0.6 is 0 Å². The van der Waals surface area contributed by atoms with Crippen LogP contribution in [0.2, 0.25) is 0 Å². The van der Waals surface area contributed by atoms with Crippen LogP contribution in [-0.4, -0.2) is 48.2 Å². The molecule has 0 fully saturated rings. The Labute approximate surface area is 145 Å². The number of carbonyl (C=O) groups excluding carboxylic acids is 1. The summed E-state index contributed by atoms with van der Waals surface area (Å²) >= 11 is 0. The van der Waals surface area contributed by atoms with Crippen molar-refractivity contribution in [1.29, 1.82) is 0 Å². The highest BCUT2D eigenvalue weighted by Crippen LogP contribution is 2.39. The van der Waals surface area contributed by atoms with E-state index < -0.39 is 12.0 Å². The number of esters is 1. The Balaban J connectivity index is 2.21. The highest BCUT2D eigenvalue weighted by molar-refractivity contribution is 5.92. The second-order valence-corrected chi connectivity index (χ2v) is 5.34. The fourth-order valence-electron chi connectivity index (χ4n) is 2.90. The fourth-order valence-corrected chi connectivity index (χ4v) is 2.90. The number of aromatic nitrogens is 3. The minimum absolute atomic E-state index is 0.215. The number of nitrogens with zero attached hydrogens (tertiary/aromatic N) is 3. The molecule has 25 heavy (non-hydrogen) atoms. The van der Waals surface area contributed by atoms with E-state index in [-0.39, 0.29) is 13.2 Å². The van der Waals surface area contributed by atoms with Crippen molar-refractivity contribution in [3.05, 3.63) is 47.4 Å². The zero-order valence-corrected chi connectivity index (χ0v) is 14.4. The number of nitrogens with one attached hydrogen (secondary N) is 1. The second kappa shape index (κ2) is 7.35. The van der Waals surface area contributed by atoms with Gasteiger partial charge in [-0.15, -0.1) is 0 Å². The molecule has 3 rings (SSSR count). The number of para-hydroxylation sites is 1. The normalized spacial score (nSPS) is 16.2. The summed E-state index contributed by atoms with van der Waals surface area (Å²) in [5.41, 5.74) is 1.80. The first-order valence-electron chi connectivity index (χ1n) is 7.89. The van der Waals surface area contributed by atoms with Crippen molar-refractivity contribution in [2.45, 2.75) is 13.0 Å². The van der Waals surface area contributed by atoms with Gasteiger partial charge in [0.25, 0.3) is 0 Å². The van der Waals surface area contributed by atoms with Crippen molar-refractivity contribution < 1.29 is 19.0 Å². The van der Waals surface area contributed by atoms with E-state index in [1.165, 1.54) is 6.33 Å². The summed E-state index contributed by atoms with van der Waals surface area (Å²) in [6, 6.07) is 6.96. The molecule has 8 nitrogen and oxygen atoms in total. The number of rotatable bonds is 6. The molecule has 0 amide bonds. The molecule has 0 aliphatic carbocycles. The summed E-state index contributed by atoms with van der Waals surface area (Å²) in [5.74, 6) is 0.740. The Morgan fingerprint density at radius 2 is 2.12 bits per heavy atom. The Bertz CT molecular complexity index is 799. The van der Waals surface area contributed by atoms with E-state index in [1.54, 1.807) is 25.8 Å². The van der Waals surface area contributed by atoms with E-state index in [4.69, 9.17) is 14.2 Å². The quantitative estimate of drug-likeness (QED) is 0.799. The molecule has 1 unspecified atom stereocenters. The maximum Gasteiger partial charge on any atom is 0.338 e. The summed E-state index contributed by atoms with van der Waals surface area (Å²) < 4.78 is 17.7. The first kappa shape index (κ1) is 17.0. The molecule has 8 heteroatoms. The number of methoxy groups -OCH3 is 2. The topological polar surface area (TPSA) is 87.5 Å². The number of hydrogen-bond acceptors (Lipinski definition) is 7. The minimum atomic E-state index is -0.529. The third kappa shape index (κ3) is 3.08. The molecule has 1 aliphatic heterocycles. The van der Waals surface area contributed by atoms with Crippen LogP contribution in [0.1, 0.15) is 18.5 Å². The van der Waals surface area contributed by atoms with E-state index in [0.29, 0.717) is 23.0 Å². The lowest BCUT2D eigenvalue weighted by Crippen LogP contribution is -2.32. The van der Waals surface area contributed by atoms with E-state index in [0.717, 1.165) is 5.56 Å². The maximum absolute atomic E-state index is 12.7. The summed E-state index contributed by atoms with van der Waals surface area (Å²) in [5, 5.41) is 7.39. The van der Waals surface area contributed by atoms with Crippen molar-refractivity contribution in [3.8, 4) is 5.75 Å². The Morgan fingerprint density at radius 1 is 1.32 bits per heavy atom. The molecule has 0 saturated carbocycles. The van der Waals surface area contributed by atoms with Gasteiger partial charge in [-0.05, 0) is 13.0 Å². The smallest absolute Gasteiger partial charge is 0.338 e. The van der Waals surface area contributed by atoms with Gasteiger partial charge in [-0.3, -0.25) is 0 Å². The van der Waals surface area contributed by atoms with E-state index in [2.05, 4.69) is 15.4 Å². The van der Waals surface area contributed by atoms with E-state index >= 15 is 0 Å². The highest BCUT2D eigenvalue weighted by Gasteiger charge is 2.36. The van der Waals surface area contributed by atoms with Crippen LogP contribution in [0.3, 0.4) is 0 Å². The summed E-state index contributed by atoms with van der Waals surface area (Å²) in [4.78, 5) is 16.9. The lowest BCUT2D eigenvalue weighted by atomic mass is 9.94. The van der Waals surface area contributed by atoms with Gasteiger partial charge < -0.3 is 19.5 Å². The van der Waals surface area contributed by atoms with Crippen molar-refractivity contribution in [3.63, 3.8) is 0 Å². The number of hydrogen-bond donors (Lipinski definition) is 1. The molecule has 0 saturated heterocycles. The number of fused-ring (bicyclic) bond motifs is 1. The predicted molar refractivity (Wildman–Crippen MR) is 90.3 cm³/mol. The van der Waals surface area contributed by atoms with Gasteiger partial charge >= 0.3 is 5.97 Å². The fraction of sp³-hybridized carbons (Fsp3) is 0.353. The summed E-state index contributed by atoms with van der Waals surface area (Å²) in [6.45, 7) is 2.25. The molecule has 1 aromatic carbocycles. The van der Waals surface area contributed by atoms with Crippen molar-refractivity contribution in [1.82, 2.24) is 14.8 Å². The molecule has 2 heterocycles. The molecule has 0 spiro atoms. The predicted octanol–water partition coefficient (Wildman–Crippen LogP) is 1.77. The lowest BCUT2D eigenvalue weighted by molar-refractivity contribution is -0.139. The van der Waals surface area contributed by atoms with Gasteiger partial charge in [0, 0.05) is 12.7 Å². The van der Waals surface area contributed by atoms with Gasteiger partial charge in [-0.2, -0.15) is 10.1 Å². The molecule has 1 aliphatic rings. The Morgan fingerprint density at radius 3 is 2.84 bits per heavy atom. The average Bonchev–Trinajstić information content (AvgIpc) is 3.09. The third-order valence-electron chi connectivity index (χ3n) is 3.90. The van der Waals surface area contributed by atoms with Crippen molar-refractivity contribution >= 4 is 11.9 Å². The largest absolute Gasteiger partial charge is 0.496 e. The van der Waals surface area contributed by atoms with Gasteiger partial charge in [0.05, 0.1) is 31.6 Å². The van der Waals surface area contributed by atoms with Crippen LogP contribution in [0, 0.1) is 0 Å². The average molecular weight is 344 g/mol.